The van der Waals surface area contributed by atoms with Crippen molar-refractivity contribution in [3.63, 3.8) is 0 Å². The topological polar surface area (TPSA) is 64.6 Å². The van der Waals surface area contributed by atoms with Crippen LogP contribution in [-0.4, -0.2) is 29.2 Å². The van der Waals surface area contributed by atoms with Gasteiger partial charge in [0.15, 0.2) is 0 Å². The van der Waals surface area contributed by atoms with Crippen molar-refractivity contribution in [1.29, 1.82) is 0 Å². The van der Waals surface area contributed by atoms with Crippen LogP contribution < -0.4 is 9.46 Å². The fraction of sp³-hybridized carbons (Fsp3) is 0.294. The average molecular weight is 370 g/mol. The summed E-state index contributed by atoms with van der Waals surface area (Å²) < 4.78 is 38.2. The van der Waals surface area contributed by atoms with Crippen LogP contribution in [0.1, 0.15) is 17.2 Å². The lowest BCUT2D eigenvalue weighted by molar-refractivity contribution is 0.107. The summed E-state index contributed by atoms with van der Waals surface area (Å²) in [5.74, 6) is 0.683. The minimum absolute atomic E-state index is 0.0952. The quantitative estimate of drug-likeness (QED) is 0.813. The van der Waals surface area contributed by atoms with Gasteiger partial charge in [-0.2, -0.15) is 0 Å². The standard InChI is InChI=1S/C17H20ClNO4S/c1-12-15(18)8-5-9-17(12)24(20,21)19-11-16(23-3)13-6-4-7-14(10-13)22-2/h4-10,16,19H,11H2,1-3H3. The maximum atomic E-state index is 12.5. The molecule has 5 nitrogen and oxygen atoms in total. The van der Waals surface area contributed by atoms with Crippen LogP contribution in [-0.2, 0) is 14.8 Å². The third-order valence-corrected chi connectivity index (χ3v) is 5.69. The van der Waals surface area contributed by atoms with Crippen molar-refractivity contribution in [3.8, 4) is 5.75 Å². The number of methoxy groups -OCH3 is 2. The predicted molar refractivity (Wildman–Crippen MR) is 94.1 cm³/mol. The first kappa shape index (κ1) is 18.7. The number of benzene rings is 2. The van der Waals surface area contributed by atoms with Gasteiger partial charge in [0.25, 0.3) is 0 Å². The van der Waals surface area contributed by atoms with E-state index >= 15 is 0 Å². The first-order chi connectivity index (χ1) is 11.4. The molecule has 0 aromatic heterocycles. The van der Waals surface area contributed by atoms with E-state index in [2.05, 4.69) is 4.72 Å². The third kappa shape index (κ3) is 4.27. The van der Waals surface area contributed by atoms with Crippen molar-refractivity contribution >= 4 is 21.6 Å². The van der Waals surface area contributed by atoms with E-state index in [9.17, 15) is 8.42 Å². The van der Waals surface area contributed by atoms with Crippen LogP contribution in [0, 0.1) is 6.92 Å². The summed E-state index contributed by atoms with van der Waals surface area (Å²) in [4.78, 5) is 0.162. The number of sulfonamides is 1. The Bertz CT molecular complexity index is 808. The molecule has 0 heterocycles. The molecule has 0 amide bonds. The first-order valence-corrected chi connectivity index (χ1v) is 9.16. The van der Waals surface area contributed by atoms with E-state index in [-0.39, 0.29) is 11.4 Å². The van der Waals surface area contributed by atoms with E-state index in [0.29, 0.717) is 16.3 Å². The molecule has 0 saturated heterocycles. The number of halogens is 1. The van der Waals surface area contributed by atoms with Gasteiger partial charge >= 0.3 is 0 Å². The van der Waals surface area contributed by atoms with Crippen LogP contribution in [0.25, 0.3) is 0 Å². The van der Waals surface area contributed by atoms with Crippen LogP contribution in [0.5, 0.6) is 5.75 Å². The minimum atomic E-state index is -3.69. The molecule has 0 fully saturated rings. The lowest BCUT2D eigenvalue weighted by Crippen LogP contribution is -2.29. The van der Waals surface area contributed by atoms with Gasteiger partial charge in [-0.3, -0.25) is 0 Å². The normalized spacial score (nSPS) is 12.8. The second-order valence-electron chi connectivity index (χ2n) is 5.22. The van der Waals surface area contributed by atoms with Gasteiger partial charge in [0, 0.05) is 18.7 Å². The minimum Gasteiger partial charge on any atom is -0.497 e. The molecule has 1 unspecified atom stereocenters. The summed E-state index contributed by atoms with van der Waals surface area (Å²) in [6, 6.07) is 12.1. The zero-order valence-corrected chi connectivity index (χ0v) is 15.3. The molecule has 130 valence electrons. The zero-order chi connectivity index (χ0) is 17.7. The number of nitrogens with one attached hydrogen (secondary N) is 1. The Balaban J connectivity index is 2.19. The molecule has 2 aromatic rings. The van der Waals surface area contributed by atoms with Crippen molar-refractivity contribution in [2.45, 2.75) is 17.9 Å². The highest BCUT2D eigenvalue weighted by atomic mass is 35.5. The van der Waals surface area contributed by atoms with Gasteiger partial charge < -0.3 is 9.47 Å². The fourth-order valence-corrected chi connectivity index (χ4v) is 3.85. The summed E-state index contributed by atoms with van der Waals surface area (Å²) in [6.07, 6.45) is -0.436. The second kappa shape index (κ2) is 7.98. The number of hydrogen-bond donors (Lipinski definition) is 1. The van der Waals surface area contributed by atoms with E-state index in [1.165, 1.54) is 13.2 Å². The second-order valence-corrected chi connectivity index (χ2v) is 7.36. The van der Waals surface area contributed by atoms with Gasteiger partial charge in [-0.15, -0.1) is 0 Å². The average Bonchev–Trinajstić information content (AvgIpc) is 2.58. The van der Waals surface area contributed by atoms with Crippen LogP contribution >= 0.6 is 11.6 Å². The predicted octanol–water partition coefficient (Wildman–Crippen LogP) is 3.32. The Labute approximate surface area is 147 Å². The molecule has 0 saturated carbocycles. The summed E-state index contributed by atoms with van der Waals surface area (Å²) in [5.41, 5.74) is 1.34. The Morgan fingerprint density at radius 1 is 1.17 bits per heavy atom. The molecule has 0 aliphatic carbocycles. The molecule has 7 heteroatoms. The van der Waals surface area contributed by atoms with Crippen molar-refractivity contribution in [1.82, 2.24) is 4.72 Å². The molecule has 0 spiro atoms. The van der Waals surface area contributed by atoms with E-state index < -0.39 is 16.1 Å². The molecular formula is C17H20ClNO4S. The van der Waals surface area contributed by atoms with Crippen LogP contribution in [0.3, 0.4) is 0 Å². The molecule has 2 rings (SSSR count). The molecule has 0 radical (unpaired) electrons. The summed E-state index contributed by atoms with van der Waals surface area (Å²) in [5, 5.41) is 0.411. The van der Waals surface area contributed by atoms with Crippen molar-refractivity contribution in [2.75, 3.05) is 20.8 Å². The third-order valence-electron chi connectivity index (χ3n) is 3.72. The fourth-order valence-electron chi connectivity index (χ4n) is 2.32. The van der Waals surface area contributed by atoms with Gasteiger partial charge in [0.2, 0.25) is 10.0 Å². The highest BCUT2D eigenvalue weighted by molar-refractivity contribution is 7.89. The zero-order valence-electron chi connectivity index (χ0n) is 13.7. The molecule has 2 aromatic carbocycles. The van der Waals surface area contributed by atoms with Crippen LogP contribution in [0.15, 0.2) is 47.4 Å². The van der Waals surface area contributed by atoms with Crippen molar-refractivity contribution < 1.29 is 17.9 Å². The van der Waals surface area contributed by atoms with Gasteiger partial charge in [0.05, 0.1) is 18.1 Å². The summed E-state index contributed by atoms with van der Waals surface area (Å²) >= 11 is 6.01. The largest absolute Gasteiger partial charge is 0.497 e. The van der Waals surface area contributed by atoms with Gasteiger partial charge in [-0.1, -0.05) is 29.8 Å². The Morgan fingerprint density at radius 2 is 1.88 bits per heavy atom. The lowest BCUT2D eigenvalue weighted by Gasteiger charge is -2.18. The molecular weight excluding hydrogens is 350 g/mol. The monoisotopic (exact) mass is 369 g/mol. The maximum Gasteiger partial charge on any atom is 0.240 e. The molecule has 0 aliphatic rings. The summed E-state index contributed by atoms with van der Waals surface area (Å²) in [7, 11) is -0.582. The molecule has 1 N–H and O–H groups in total. The van der Waals surface area contributed by atoms with Crippen LogP contribution in [0.2, 0.25) is 5.02 Å². The van der Waals surface area contributed by atoms with Crippen LogP contribution in [0.4, 0.5) is 0 Å². The Kier molecular flexibility index (Phi) is 6.23. The van der Waals surface area contributed by atoms with Gasteiger partial charge in [0.1, 0.15) is 5.75 Å². The van der Waals surface area contributed by atoms with E-state index in [4.69, 9.17) is 21.1 Å². The number of hydrogen-bond acceptors (Lipinski definition) is 4. The smallest absolute Gasteiger partial charge is 0.240 e. The van der Waals surface area contributed by atoms with E-state index in [0.717, 1.165) is 5.56 Å². The summed E-state index contributed by atoms with van der Waals surface area (Å²) in [6.45, 7) is 1.77. The number of rotatable bonds is 7. The van der Waals surface area contributed by atoms with E-state index in [1.54, 1.807) is 26.2 Å². The SMILES string of the molecule is COc1cccc(C(CNS(=O)(=O)c2cccc(Cl)c2C)OC)c1. The molecule has 0 aliphatic heterocycles. The van der Waals surface area contributed by atoms with Gasteiger partial charge in [-0.05, 0) is 42.3 Å². The maximum absolute atomic E-state index is 12.5. The van der Waals surface area contributed by atoms with Crippen molar-refractivity contribution in [2.24, 2.45) is 0 Å². The highest BCUT2D eigenvalue weighted by Crippen LogP contribution is 2.24. The molecule has 1 atom stereocenters. The Hall–Kier alpha value is -1.60. The Morgan fingerprint density at radius 3 is 2.54 bits per heavy atom. The van der Waals surface area contributed by atoms with Crippen molar-refractivity contribution in [3.05, 3.63) is 58.6 Å². The van der Waals surface area contributed by atoms with E-state index in [1.807, 2.05) is 24.3 Å². The number of ether oxygens (including phenoxy) is 2. The first-order valence-electron chi connectivity index (χ1n) is 7.30. The highest BCUT2D eigenvalue weighted by Gasteiger charge is 2.20. The molecule has 24 heavy (non-hydrogen) atoms. The lowest BCUT2D eigenvalue weighted by atomic mass is 10.1. The van der Waals surface area contributed by atoms with Gasteiger partial charge in [-0.25, -0.2) is 13.1 Å². The molecule has 0 bridgehead atoms.